The fraction of sp³-hybridized carbons (Fsp3) is 0.611. The molecular weight excluding hydrogens is 276 g/mol. The topological polar surface area (TPSA) is 41.6 Å². The predicted octanol–water partition coefficient (Wildman–Crippen LogP) is 3.70. The fourth-order valence-corrected chi connectivity index (χ4v) is 2.31. The van der Waals surface area contributed by atoms with E-state index in [1.165, 1.54) is 5.56 Å². The molecule has 0 aliphatic heterocycles. The number of hydrogen-bond donors (Lipinski definition) is 1. The van der Waals surface area contributed by atoms with Crippen molar-refractivity contribution in [2.45, 2.75) is 47.1 Å². The minimum Gasteiger partial charge on any atom is -0.497 e. The summed E-state index contributed by atoms with van der Waals surface area (Å²) in [5.41, 5.74) is 1.30. The summed E-state index contributed by atoms with van der Waals surface area (Å²) in [7, 11) is 1.66. The normalized spacial score (nSPS) is 12.6. The van der Waals surface area contributed by atoms with Gasteiger partial charge in [-0.25, -0.2) is 4.79 Å². The average molecular weight is 306 g/mol. The number of carbonyl (C=O) groups is 1. The molecule has 1 atom stereocenters. The number of methoxy groups -OCH3 is 1. The van der Waals surface area contributed by atoms with Crippen LogP contribution in [0.1, 0.15) is 40.2 Å². The number of ether oxygens (including phenoxy) is 1. The smallest absolute Gasteiger partial charge is 0.317 e. The van der Waals surface area contributed by atoms with Crippen molar-refractivity contribution < 1.29 is 9.53 Å². The largest absolute Gasteiger partial charge is 0.497 e. The zero-order valence-electron chi connectivity index (χ0n) is 14.8. The lowest BCUT2D eigenvalue weighted by Crippen LogP contribution is -2.47. The van der Waals surface area contributed by atoms with Gasteiger partial charge in [-0.3, -0.25) is 0 Å². The first-order chi connectivity index (χ1) is 10.3. The molecule has 1 rings (SSSR count). The van der Waals surface area contributed by atoms with Crippen LogP contribution >= 0.6 is 0 Å². The third-order valence-corrected chi connectivity index (χ3v) is 3.59. The summed E-state index contributed by atoms with van der Waals surface area (Å²) >= 11 is 0. The molecule has 0 saturated heterocycles. The molecule has 1 N–H and O–H groups in total. The van der Waals surface area contributed by atoms with Crippen LogP contribution in [-0.4, -0.2) is 37.2 Å². The van der Waals surface area contributed by atoms with Crippen molar-refractivity contribution in [1.29, 1.82) is 0 Å². The van der Waals surface area contributed by atoms with E-state index >= 15 is 0 Å². The molecule has 22 heavy (non-hydrogen) atoms. The SMILES string of the molecule is CCN(C(=O)NCC(C)(C)C)C(C)Cc1ccc(OC)cc1. The molecule has 4 nitrogen and oxygen atoms in total. The minimum atomic E-state index is 0.0124. The molecule has 1 unspecified atom stereocenters. The van der Waals surface area contributed by atoms with E-state index in [0.717, 1.165) is 12.2 Å². The number of urea groups is 1. The van der Waals surface area contributed by atoms with Crippen LogP contribution in [0.4, 0.5) is 4.79 Å². The Morgan fingerprint density at radius 1 is 1.27 bits per heavy atom. The highest BCUT2D eigenvalue weighted by Gasteiger charge is 2.20. The second kappa shape index (κ2) is 8.06. The molecule has 2 amide bonds. The van der Waals surface area contributed by atoms with Gasteiger partial charge in [0.1, 0.15) is 5.75 Å². The van der Waals surface area contributed by atoms with Crippen molar-refractivity contribution in [2.24, 2.45) is 5.41 Å². The number of nitrogens with one attached hydrogen (secondary N) is 1. The quantitative estimate of drug-likeness (QED) is 0.870. The molecule has 0 fully saturated rings. The van der Waals surface area contributed by atoms with E-state index < -0.39 is 0 Å². The molecule has 0 radical (unpaired) electrons. The molecule has 4 heteroatoms. The molecule has 0 aliphatic carbocycles. The summed E-state index contributed by atoms with van der Waals surface area (Å²) in [4.78, 5) is 14.2. The van der Waals surface area contributed by atoms with Crippen LogP contribution in [0.5, 0.6) is 5.75 Å². The molecule has 0 aliphatic rings. The lowest BCUT2D eigenvalue weighted by molar-refractivity contribution is 0.178. The molecule has 1 aromatic carbocycles. The standard InChI is InChI=1S/C18H30N2O2/c1-7-20(17(21)19-13-18(3,4)5)14(2)12-15-8-10-16(22-6)11-9-15/h8-11,14H,7,12-13H2,1-6H3,(H,19,21). The minimum absolute atomic E-state index is 0.0124. The molecule has 0 bridgehead atoms. The molecule has 0 aromatic heterocycles. The van der Waals surface area contributed by atoms with Gasteiger partial charge >= 0.3 is 6.03 Å². The number of hydrogen-bond acceptors (Lipinski definition) is 2. The van der Waals surface area contributed by atoms with E-state index in [2.05, 4.69) is 45.1 Å². The number of carbonyl (C=O) groups excluding carboxylic acids is 1. The molecular formula is C18H30N2O2. The van der Waals surface area contributed by atoms with Gasteiger partial charge in [-0.1, -0.05) is 32.9 Å². The van der Waals surface area contributed by atoms with Crippen LogP contribution < -0.4 is 10.1 Å². The van der Waals surface area contributed by atoms with E-state index in [1.54, 1.807) is 7.11 Å². The monoisotopic (exact) mass is 306 g/mol. The predicted molar refractivity (Wildman–Crippen MR) is 91.4 cm³/mol. The Bertz CT molecular complexity index is 463. The van der Waals surface area contributed by atoms with Crippen molar-refractivity contribution in [3.05, 3.63) is 29.8 Å². The molecule has 124 valence electrons. The van der Waals surface area contributed by atoms with Crippen molar-refractivity contribution in [3.63, 3.8) is 0 Å². The van der Waals surface area contributed by atoms with Crippen LogP contribution in [0.25, 0.3) is 0 Å². The Morgan fingerprint density at radius 3 is 2.32 bits per heavy atom. The highest BCUT2D eigenvalue weighted by Crippen LogP contribution is 2.15. The second-order valence-electron chi connectivity index (χ2n) is 6.91. The molecule has 0 spiro atoms. The van der Waals surface area contributed by atoms with Crippen LogP contribution in [0.15, 0.2) is 24.3 Å². The van der Waals surface area contributed by atoms with Crippen molar-refractivity contribution in [3.8, 4) is 5.75 Å². The summed E-state index contributed by atoms with van der Waals surface area (Å²) in [6, 6.07) is 8.18. The summed E-state index contributed by atoms with van der Waals surface area (Å²) in [6.45, 7) is 11.8. The Kier molecular flexibility index (Phi) is 6.72. The van der Waals surface area contributed by atoms with Crippen LogP contribution in [0, 0.1) is 5.41 Å². The van der Waals surface area contributed by atoms with Crippen molar-refractivity contribution >= 4 is 6.03 Å². The van der Waals surface area contributed by atoms with E-state index in [9.17, 15) is 4.79 Å². The third kappa shape index (κ3) is 5.96. The van der Waals surface area contributed by atoms with Crippen LogP contribution in [0.2, 0.25) is 0 Å². The Morgan fingerprint density at radius 2 is 1.86 bits per heavy atom. The lowest BCUT2D eigenvalue weighted by atomic mass is 9.97. The molecule has 0 heterocycles. The highest BCUT2D eigenvalue weighted by atomic mass is 16.5. The molecule has 0 saturated carbocycles. The van der Waals surface area contributed by atoms with E-state index in [-0.39, 0.29) is 17.5 Å². The number of benzene rings is 1. The summed E-state index contributed by atoms with van der Waals surface area (Å²) in [6.07, 6.45) is 0.834. The number of amides is 2. The Hall–Kier alpha value is -1.71. The van der Waals surface area contributed by atoms with Gasteiger partial charge in [-0.05, 0) is 43.4 Å². The lowest BCUT2D eigenvalue weighted by Gasteiger charge is -2.30. The van der Waals surface area contributed by atoms with Gasteiger partial charge in [-0.15, -0.1) is 0 Å². The van der Waals surface area contributed by atoms with E-state index in [0.29, 0.717) is 13.1 Å². The van der Waals surface area contributed by atoms with E-state index in [4.69, 9.17) is 4.74 Å². The molecule has 1 aromatic rings. The van der Waals surface area contributed by atoms with Crippen LogP contribution in [0.3, 0.4) is 0 Å². The third-order valence-electron chi connectivity index (χ3n) is 3.59. The number of rotatable bonds is 6. The zero-order valence-corrected chi connectivity index (χ0v) is 14.8. The number of likely N-dealkylation sites (N-methyl/N-ethyl adjacent to an activating group) is 1. The number of nitrogens with zero attached hydrogens (tertiary/aromatic N) is 1. The summed E-state index contributed by atoms with van der Waals surface area (Å²) < 4.78 is 5.17. The highest BCUT2D eigenvalue weighted by molar-refractivity contribution is 5.74. The average Bonchev–Trinajstić information content (AvgIpc) is 2.46. The van der Waals surface area contributed by atoms with Gasteiger partial charge in [0.05, 0.1) is 7.11 Å². The van der Waals surface area contributed by atoms with Gasteiger partial charge in [0.15, 0.2) is 0 Å². The van der Waals surface area contributed by atoms with Gasteiger partial charge in [-0.2, -0.15) is 0 Å². The fourth-order valence-electron chi connectivity index (χ4n) is 2.31. The van der Waals surface area contributed by atoms with Gasteiger partial charge < -0.3 is 15.0 Å². The summed E-state index contributed by atoms with van der Waals surface area (Å²) in [5.74, 6) is 0.853. The van der Waals surface area contributed by atoms with Crippen molar-refractivity contribution in [1.82, 2.24) is 10.2 Å². The second-order valence-corrected chi connectivity index (χ2v) is 6.91. The van der Waals surface area contributed by atoms with Crippen molar-refractivity contribution in [2.75, 3.05) is 20.2 Å². The maximum absolute atomic E-state index is 12.3. The Labute approximate surface area is 134 Å². The zero-order chi connectivity index (χ0) is 16.8. The van der Waals surface area contributed by atoms with Gasteiger partial charge in [0, 0.05) is 19.1 Å². The maximum atomic E-state index is 12.3. The van der Waals surface area contributed by atoms with Gasteiger partial charge in [0.25, 0.3) is 0 Å². The Balaban J connectivity index is 2.62. The first-order valence-electron chi connectivity index (χ1n) is 7.94. The first-order valence-corrected chi connectivity index (χ1v) is 7.94. The van der Waals surface area contributed by atoms with Gasteiger partial charge in [0.2, 0.25) is 0 Å². The van der Waals surface area contributed by atoms with E-state index in [1.807, 2.05) is 24.0 Å². The first kappa shape index (κ1) is 18.3. The maximum Gasteiger partial charge on any atom is 0.317 e. The summed E-state index contributed by atoms with van der Waals surface area (Å²) in [5, 5.41) is 3.03. The van der Waals surface area contributed by atoms with Crippen LogP contribution in [-0.2, 0) is 6.42 Å².